The number of aryl methyl sites for hydroxylation is 1. The van der Waals surface area contributed by atoms with Crippen LogP contribution in [0.4, 0.5) is 13.2 Å². The number of hydrogen-bond donors (Lipinski definition) is 2. The van der Waals surface area contributed by atoms with E-state index in [-0.39, 0.29) is 24.3 Å². The van der Waals surface area contributed by atoms with Crippen molar-refractivity contribution in [2.75, 3.05) is 6.54 Å². The summed E-state index contributed by atoms with van der Waals surface area (Å²) in [6.45, 7) is 2.01. The topological polar surface area (TPSA) is 87.7 Å². The Labute approximate surface area is 176 Å². The Kier molecular flexibility index (Phi) is 6.84. The summed E-state index contributed by atoms with van der Waals surface area (Å²) in [6.07, 6.45) is -0.412. The van der Waals surface area contributed by atoms with Crippen LogP contribution in [0.15, 0.2) is 53.6 Å². The maximum Gasteiger partial charge on any atom is 0.416 e. The third-order valence-corrected chi connectivity index (χ3v) is 4.80. The first-order valence-corrected chi connectivity index (χ1v) is 9.67. The summed E-state index contributed by atoms with van der Waals surface area (Å²) >= 11 is 0. The second-order valence-corrected chi connectivity index (χ2v) is 7.01. The lowest BCUT2D eigenvalue weighted by atomic mass is 10.1. The number of aromatic amines is 1. The molecule has 1 amide bonds. The molecule has 2 N–H and O–H groups in total. The maximum atomic E-state index is 12.6. The van der Waals surface area contributed by atoms with Crippen LogP contribution >= 0.6 is 0 Å². The molecule has 162 valence electrons. The number of aromatic nitrogens is 3. The van der Waals surface area contributed by atoms with Crippen LogP contribution in [0, 0.1) is 6.92 Å². The zero-order chi connectivity index (χ0) is 22.4. The average molecular weight is 430 g/mol. The first-order chi connectivity index (χ1) is 14.7. The Morgan fingerprint density at radius 1 is 1.06 bits per heavy atom. The number of halogens is 3. The summed E-state index contributed by atoms with van der Waals surface area (Å²) < 4.78 is 37.7. The number of H-pyrrole nitrogens is 1. The molecule has 6 nitrogen and oxygen atoms in total. The van der Waals surface area contributed by atoms with E-state index in [1.807, 2.05) is 0 Å². The molecule has 1 aromatic carbocycles. The minimum absolute atomic E-state index is 0.104. The normalized spacial score (nSPS) is 11.4. The number of carbonyl (C=O) groups excluding carboxylic acids is 1. The van der Waals surface area contributed by atoms with Crippen LogP contribution in [0.3, 0.4) is 0 Å². The summed E-state index contributed by atoms with van der Waals surface area (Å²) in [7, 11) is 0. The molecule has 0 bridgehead atoms. The second-order valence-electron chi connectivity index (χ2n) is 7.01. The SMILES string of the molecule is Cc1nc(-c2ccncc2)[nH]c(=O)c1CCC(=O)NCCc1ccc(C(F)(F)F)cc1. The number of alkyl halides is 3. The highest BCUT2D eigenvalue weighted by atomic mass is 19.4. The van der Waals surface area contributed by atoms with E-state index in [9.17, 15) is 22.8 Å². The van der Waals surface area contributed by atoms with Crippen molar-refractivity contribution in [3.05, 3.63) is 81.5 Å². The minimum atomic E-state index is -4.37. The van der Waals surface area contributed by atoms with Crippen LogP contribution in [0.5, 0.6) is 0 Å². The molecule has 31 heavy (non-hydrogen) atoms. The Balaban J connectivity index is 1.51. The summed E-state index contributed by atoms with van der Waals surface area (Å²) in [5.41, 5.74) is 1.42. The number of pyridine rings is 1. The standard InChI is InChI=1S/C22H21F3N4O2/c1-14-18(21(31)29-20(28-14)16-9-11-26-12-10-16)6-7-19(30)27-13-8-15-2-4-17(5-3-15)22(23,24)25/h2-5,9-12H,6-8,13H2,1H3,(H,27,30)(H,28,29,31). The third kappa shape index (κ3) is 6.00. The highest BCUT2D eigenvalue weighted by molar-refractivity contribution is 5.76. The van der Waals surface area contributed by atoms with E-state index in [2.05, 4.69) is 20.3 Å². The minimum Gasteiger partial charge on any atom is -0.356 e. The van der Waals surface area contributed by atoms with Crippen molar-refractivity contribution in [1.82, 2.24) is 20.3 Å². The molecule has 0 saturated heterocycles. The number of hydrogen-bond acceptors (Lipinski definition) is 4. The van der Waals surface area contributed by atoms with Crippen molar-refractivity contribution in [2.24, 2.45) is 0 Å². The van der Waals surface area contributed by atoms with Gasteiger partial charge in [-0.15, -0.1) is 0 Å². The van der Waals surface area contributed by atoms with Crippen molar-refractivity contribution in [1.29, 1.82) is 0 Å². The molecule has 0 atom stereocenters. The van der Waals surface area contributed by atoms with Crippen LogP contribution < -0.4 is 10.9 Å². The molecule has 3 aromatic rings. The predicted octanol–water partition coefficient (Wildman–Crippen LogP) is 3.45. The smallest absolute Gasteiger partial charge is 0.356 e. The first-order valence-electron chi connectivity index (χ1n) is 9.67. The Bertz CT molecular complexity index is 1090. The Morgan fingerprint density at radius 3 is 2.35 bits per heavy atom. The maximum absolute atomic E-state index is 12.6. The molecule has 0 aliphatic heterocycles. The van der Waals surface area contributed by atoms with Gasteiger partial charge in [-0.2, -0.15) is 13.2 Å². The molecule has 2 aromatic heterocycles. The highest BCUT2D eigenvalue weighted by Crippen LogP contribution is 2.29. The van der Waals surface area contributed by atoms with Gasteiger partial charge in [-0.05, 0) is 49.6 Å². The van der Waals surface area contributed by atoms with Gasteiger partial charge in [0.15, 0.2) is 0 Å². The molecule has 0 fully saturated rings. The van der Waals surface area contributed by atoms with E-state index in [1.54, 1.807) is 31.5 Å². The van der Waals surface area contributed by atoms with Gasteiger partial charge < -0.3 is 10.3 Å². The first kappa shape index (κ1) is 22.2. The van der Waals surface area contributed by atoms with Gasteiger partial charge >= 0.3 is 6.18 Å². The molecule has 0 aliphatic rings. The molecule has 0 unspecified atom stereocenters. The van der Waals surface area contributed by atoms with Gasteiger partial charge in [0.2, 0.25) is 5.91 Å². The lowest BCUT2D eigenvalue weighted by Crippen LogP contribution is -2.27. The number of benzene rings is 1. The molecular weight excluding hydrogens is 409 g/mol. The van der Waals surface area contributed by atoms with Crippen LogP contribution in [0.2, 0.25) is 0 Å². The number of nitrogens with zero attached hydrogens (tertiary/aromatic N) is 2. The highest BCUT2D eigenvalue weighted by Gasteiger charge is 2.29. The van der Waals surface area contributed by atoms with Gasteiger partial charge in [-0.1, -0.05) is 12.1 Å². The summed E-state index contributed by atoms with van der Waals surface area (Å²) in [4.78, 5) is 35.6. The quantitative estimate of drug-likeness (QED) is 0.601. The molecule has 0 spiro atoms. The van der Waals surface area contributed by atoms with Gasteiger partial charge in [-0.3, -0.25) is 14.6 Å². The summed E-state index contributed by atoms with van der Waals surface area (Å²) in [6, 6.07) is 8.31. The van der Waals surface area contributed by atoms with E-state index < -0.39 is 11.7 Å². The zero-order valence-corrected chi connectivity index (χ0v) is 16.8. The van der Waals surface area contributed by atoms with Crippen molar-refractivity contribution in [2.45, 2.75) is 32.4 Å². The van der Waals surface area contributed by atoms with E-state index in [4.69, 9.17) is 0 Å². The molecule has 3 rings (SSSR count). The fraction of sp³-hybridized carbons (Fsp3) is 0.273. The van der Waals surface area contributed by atoms with Crippen LogP contribution in [0.25, 0.3) is 11.4 Å². The monoisotopic (exact) mass is 430 g/mol. The van der Waals surface area contributed by atoms with E-state index in [0.29, 0.717) is 35.6 Å². The second kappa shape index (κ2) is 9.55. The largest absolute Gasteiger partial charge is 0.416 e. The average Bonchev–Trinajstić information content (AvgIpc) is 2.73. The Morgan fingerprint density at radius 2 is 1.74 bits per heavy atom. The van der Waals surface area contributed by atoms with E-state index >= 15 is 0 Å². The van der Waals surface area contributed by atoms with E-state index in [0.717, 1.165) is 17.7 Å². The molecular formula is C22H21F3N4O2. The molecule has 9 heteroatoms. The van der Waals surface area contributed by atoms with Crippen LogP contribution in [-0.4, -0.2) is 27.4 Å². The lowest BCUT2D eigenvalue weighted by molar-refractivity contribution is -0.137. The van der Waals surface area contributed by atoms with Gasteiger partial charge in [0.25, 0.3) is 5.56 Å². The lowest BCUT2D eigenvalue weighted by Gasteiger charge is -2.09. The third-order valence-electron chi connectivity index (χ3n) is 4.80. The number of rotatable bonds is 7. The fourth-order valence-electron chi connectivity index (χ4n) is 3.08. The van der Waals surface area contributed by atoms with Crippen LogP contribution in [-0.2, 0) is 23.8 Å². The number of nitrogens with one attached hydrogen (secondary N) is 2. The molecule has 0 saturated carbocycles. The van der Waals surface area contributed by atoms with E-state index in [1.165, 1.54) is 12.1 Å². The van der Waals surface area contributed by atoms with Crippen LogP contribution in [0.1, 0.15) is 28.8 Å². The molecule has 0 radical (unpaired) electrons. The number of amides is 1. The van der Waals surface area contributed by atoms with Gasteiger partial charge in [-0.25, -0.2) is 4.98 Å². The molecule has 2 heterocycles. The van der Waals surface area contributed by atoms with Crippen molar-refractivity contribution in [3.8, 4) is 11.4 Å². The van der Waals surface area contributed by atoms with Gasteiger partial charge in [0.05, 0.1) is 5.56 Å². The van der Waals surface area contributed by atoms with Crippen molar-refractivity contribution >= 4 is 5.91 Å². The Hall–Kier alpha value is -3.49. The molecule has 0 aliphatic carbocycles. The number of carbonyl (C=O) groups is 1. The summed E-state index contributed by atoms with van der Waals surface area (Å²) in [5, 5.41) is 2.72. The van der Waals surface area contributed by atoms with Crippen molar-refractivity contribution in [3.63, 3.8) is 0 Å². The van der Waals surface area contributed by atoms with Gasteiger partial charge in [0, 0.05) is 42.2 Å². The fourth-order valence-corrected chi connectivity index (χ4v) is 3.08. The van der Waals surface area contributed by atoms with Crippen molar-refractivity contribution < 1.29 is 18.0 Å². The summed E-state index contributed by atoms with van der Waals surface area (Å²) in [5.74, 6) is 0.193. The predicted molar refractivity (Wildman–Crippen MR) is 109 cm³/mol. The van der Waals surface area contributed by atoms with Gasteiger partial charge in [0.1, 0.15) is 5.82 Å². The zero-order valence-electron chi connectivity index (χ0n) is 16.8.